The molecule has 0 radical (unpaired) electrons. The summed E-state index contributed by atoms with van der Waals surface area (Å²) < 4.78 is 0. The standard InChI is InChI=1S/C8H12N4O2/c1-9-7-5(8(14)12(2)3)4-6(13)10-11-7/h4H,1-3H3,(H,9,11)(H,10,13). The lowest BCUT2D eigenvalue weighted by atomic mass is 10.2. The number of nitrogens with one attached hydrogen (secondary N) is 2. The Labute approximate surface area is 80.9 Å². The van der Waals surface area contributed by atoms with Crippen molar-refractivity contribution >= 4 is 11.7 Å². The molecule has 2 N–H and O–H groups in total. The van der Waals surface area contributed by atoms with Gasteiger partial charge in [-0.15, -0.1) is 0 Å². The van der Waals surface area contributed by atoms with Crippen LogP contribution in [0.15, 0.2) is 10.9 Å². The Kier molecular flexibility index (Phi) is 2.85. The normalized spacial score (nSPS) is 9.64. The van der Waals surface area contributed by atoms with Gasteiger partial charge in [0.1, 0.15) is 0 Å². The second kappa shape index (κ2) is 3.91. The smallest absolute Gasteiger partial charge is 0.265 e. The number of H-pyrrole nitrogens is 1. The lowest BCUT2D eigenvalue weighted by Crippen LogP contribution is -2.25. The summed E-state index contributed by atoms with van der Waals surface area (Å²) in [5, 5.41) is 8.68. The summed E-state index contributed by atoms with van der Waals surface area (Å²) in [7, 11) is 4.86. The monoisotopic (exact) mass is 196 g/mol. The Hall–Kier alpha value is -1.85. The zero-order valence-corrected chi connectivity index (χ0v) is 8.29. The minimum atomic E-state index is -0.394. The van der Waals surface area contributed by atoms with Crippen molar-refractivity contribution in [2.24, 2.45) is 0 Å². The molecule has 0 aliphatic carbocycles. The molecular formula is C8H12N4O2. The minimum absolute atomic E-state index is 0.257. The molecule has 0 saturated carbocycles. The van der Waals surface area contributed by atoms with Crippen molar-refractivity contribution in [1.29, 1.82) is 0 Å². The number of carbonyl (C=O) groups is 1. The Morgan fingerprint density at radius 3 is 2.71 bits per heavy atom. The molecule has 1 aromatic rings. The van der Waals surface area contributed by atoms with Crippen molar-refractivity contribution < 1.29 is 4.79 Å². The van der Waals surface area contributed by atoms with Crippen LogP contribution in [0.2, 0.25) is 0 Å². The van der Waals surface area contributed by atoms with Crippen LogP contribution in [0.3, 0.4) is 0 Å². The summed E-state index contributed by atoms with van der Waals surface area (Å²) in [6, 6.07) is 1.22. The molecule has 0 aromatic carbocycles. The summed E-state index contributed by atoms with van der Waals surface area (Å²) in [5.74, 6) is 0.108. The van der Waals surface area contributed by atoms with Gasteiger partial charge in [-0.05, 0) is 0 Å². The van der Waals surface area contributed by atoms with Crippen LogP contribution in [0, 0.1) is 0 Å². The molecular weight excluding hydrogens is 184 g/mol. The van der Waals surface area contributed by atoms with E-state index in [1.807, 2.05) is 0 Å². The zero-order chi connectivity index (χ0) is 10.7. The fourth-order valence-electron chi connectivity index (χ4n) is 0.997. The van der Waals surface area contributed by atoms with E-state index in [0.29, 0.717) is 5.82 Å². The molecule has 76 valence electrons. The maximum Gasteiger partial charge on any atom is 0.265 e. The first-order valence-electron chi connectivity index (χ1n) is 4.05. The van der Waals surface area contributed by atoms with Crippen molar-refractivity contribution in [3.05, 3.63) is 22.0 Å². The minimum Gasteiger partial charge on any atom is -0.371 e. The molecule has 1 amide bonds. The fraction of sp³-hybridized carbons (Fsp3) is 0.375. The molecule has 1 heterocycles. The second-order valence-corrected chi connectivity index (χ2v) is 2.94. The second-order valence-electron chi connectivity index (χ2n) is 2.94. The van der Waals surface area contributed by atoms with Gasteiger partial charge in [0.25, 0.3) is 11.5 Å². The zero-order valence-electron chi connectivity index (χ0n) is 8.29. The highest BCUT2D eigenvalue weighted by Gasteiger charge is 2.14. The van der Waals surface area contributed by atoms with Gasteiger partial charge < -0.3 is 10.2 Å². The number of hydrogen-bond acceptors (Lipinski definition) is 4. The Morgan fingerprint density at radius 1 is 1.57 bits per heavy atom. The van der Waals surface area contributed by atoms with Gasteiger partial charge in [-0.1, -0.05) is 0 Å². The number of anilines is 1. The highest BCUT2D eigenvalue weighted by molar-refractivity contribution is 5.98. The molecule has 0 aliphatic rings. The van der Waals surface area contributed by atoms with E-state index in [1.54, 1.807) is 21.1 Å². The lowest BCUT2D eigenvalue weighted by molar-refractivity contribution is 0.0828. The van der Waals surface area contributed by atoms with Gasteiger partial charge in [0.05, 0.1) is 5.56 Å². The maximum absolute atomic E-state index is 11.6. The van der Waals surface area contributed by atoms with Crippen molar-refractivity contribution in [3.63, 3.8) is 0 Å². The van der Waals surface area contributed by atoms with Crippen LogP contribution in [-0.4, -0.2) is 42.1 Å². The first-order chi connectivity index (χ1) is 6.56. The number of nitrogens with zero attached hydrogens (tertiary/aromatic N) is 2. The maximum atomic E-state index is 11.6. The summed E-state index contributed by atoms with van der Waals surface area (Å²) >= 11 is 0. The molecule has 0 atom stereocenters. The molecule has 0 aliphatic heterocycles. The first kappa shape index (κ1) is 10.2. The number of aromatic amines is 1. The molecule has 0 fully saturated rings. The van der Waals surface area contributed by atoms with E-state index in [4.69, 9.17) is 0 Å². The van der Waals surface area contributed by atoms with E-state index < -0.39 is 5.56 Å². The van der Waals surface area contributed by atoms with Crippen LogP contribution in [0.1, 0.15) is 10.4 Å². The van der Waals surface area contributed by atoms with Gasteiger partial charge in [-0.2, -0.15) is 5.10 Å². The third kappa shape index (κ3) is 1.90. The van der Waals surface area contributed by atoms with E-state index in [0.717, 1.165) is 0 Å². The van der Waals surface area contributed by atoms with Crippen molar-refractivity contribution in [3.8, 4) is 0 Å². The van der Waals surface area contributed by atoms with Crippen molar-refractivity contribution in [2.45, 2.75) is 0 Å². The number of hydrogen-bond donors (Lipinski definition) is 2. The molecule has 0 spiro atoms. The average Bonchev–Trinajstić information content (AvgIpc) is 2.16. The number of rotatable bonds is 2. The van der Waals surface area contributed by atoms with Crippen LogP contribution in [-0.2, 0) is 0 Å². The van der Waals surface area contributed by atoms with Crippen LogP contribution in [0.5, 0.6) is 0 Å². The van der Waals surface area contributed by atoms with Crippen LogP contribution in [0.25, 0.3) is 0 Å². The Morgan fingerprint density at radius 2 is 2.21 bits per heavy atom. The fourth-order valence-corrected chi connectivity index (χ4v) is 0.997. The van der Waals surface area contributed by atoms with Gasteiger partial charge in [-0.25, -0.2) is 5.10 Å². The predicted molar refractivity (Wildman–Crippen MR) is 52.4 cm³/mol. The molecule has 6 nitrogen and oxygen atoms in total. The third-order valence-electron chi connectivity index (χ3n) is 1.68. The molecule has 0 bridgehead atoms. The quantitative estimate of drug-likeness (QED) is 0.669. The van der Waals surface area contributed by atoms with Crippen molar-refractivity contribution in [1.82, 2.24) is 15.1 Å². The topological polar surface area (TPSA) is 78.1 Å². The van der Waals surface area contributed by atoms with E-state index in [1.165, 1.54) is 11.0 Å². The molecule has 6 heteroatoms. The summed E-state index contributed by atoms with van der Waals surface area (Å²) in [5.41, 5.74) is -0.129. The molecule has 0 unspecified atom stereocenters. The van der Waals surface area contributed by atoms with E-state index >= 15 is 0 Å². The largest absolute Gasteiger partial charge is 0.371 e. The highest BCUT2D eigenvalue weighted by Crippen LogP contribution is 2.08. The third-order valence-corrected chi connectivity index (χ3v) is 1.68. The summed E-state index contributed by atoms with van der Waals surface area (Å²) in [6.45, 7) is 0. The SMILES string of the molecule is CNc1n[nH]c(=O)cc1C(=O)N(C)C. The Balaban J connectivity index is 3.24. The van der Waals surface area contributed by atoms with E-state index in [-0.39, 0.29) is 11.5 Å². The molecule has 14 heavy (non-hydrogen) atoms. The number of amides is 1. The van der Waals surface area contributed by atoms with Crippen LogP contribution in [0.4, 0.5) is 5.82 Å². The van der Waals surface area contributed by atoms with Gasteiger partial charge in [0.2, 0.25) is 0 Å². The molecule has 1 rings (SSSR count). The molecule has 0 saturated heterocycles. The van der Waals surface area contributed by atoms with Crippen LogP contribution < -0.4 is 10.9 Å². The molecule has 1 aromatic heterocycles. The average molecular weight is 196 g/mol. The van der Waals surface area contributed by atoms with E-state index in [2.05, 4.69) is 15.5 Å². The number of carbonyl (C=O) groups excluding carboxylic acids is 1. The summed E-state index contributed by atoms with van der Waals surface area (Å²) in [4.78, 5) is 23.9. The number of aromatic nitrogens is 2. The Bertz CT molecular complexity index is 397. The summed E-state index contributed by atoms with van der Waals surface area (Å²) in [6.07, 6.45) is 0. The van der Waals surface area contributed by atoms with Crippen molar-refractivity contribution in [2.75, 3.05) is 26.5 Å². The lowest BCUT2D eigenvalue weighted by Gasteiger charge is -2.11. The van der Waals surface area contributed by atoms with Gasteiger partial charge >= 0.3 is 0 Å². The van der Waals surface area contributed by atoms with Gasteiger partial charge in [0.15, 0.2) is 5.82 Å². The highest BCUT2D eigenvalue weighted by atomic mass is 16.2. The van der Waals surface area contributed by atoms with Crippen LogP contribution >= 0.6 is 0 Å². The van der Waals surface area contributed by atoms with Gasteiger partial charge in [0, 0.05) is 27.2 Å². The van der Waals surface area contributed by atoms with E-state index in [9.17, 15) is 9.59 Å². The first-order valence-corrected chi connectivity index (χ1v) is 4.05. The van der Waals surface area contributed by atoms with Gasteiger partial charge in [-0.3, -0.25) is 9.59 Å². The predicted octanol–water partition coefficient (Wildman–Crippen LogP) is -0.487.